The standard InChI is InChI=1S/C14H15N3O5/c1-8(13(20)21)15-11(18)6-7-17-10-5-3-2-4-9(10)12(19)16-14(17)22/h2-5,8H,6-7H2,1H3,(H,15,18)(H,20,21)(H,16,19,22). The van der Waals surface area contributed by atoms with Crippen LogP contribution in [-0.2, 0) is 16.1 Å². The van der Waals surface area contributed by atoms with Gasteiger partial charge in [0.1, 0.15) is 6.04 Å². The quantitative estimate of drug-likeness (QED) is 0.698. The molecule has 116 valence electrons. The highest BCUT2D eigenvalue weighted by molar-refractivity contribution is 5.83. The van der Waals surface area contributed by atoms with Crippen molar-refractivity contribution in [3.63, 3.8) is 0 Å². The molecule has 8 nitrogen and oxygen atoms in total. The Labute approximate surface area is 124 Å². The number of aliphatic carboxylic acids is 1. The van der Waals surface area contributed by atoms with Gasteiger partial charge >= 0.3 is 11.7 Å². The van der Waals surface area contributed by atoms with E-state index in [1.807, 2.05) is 0 Å². The molecule has 0 aliphatic heterocycles. The van der Waals surface area contributed by atoms with Gasteiger partial charge in [0.15, 0.2) is 0 Å². The van der Waals surface area contributed by atoms with E-state index in [2.05, 4.69) is 10.3 Å². The Morgan fingerprint density at radius 1 is 1.32 bits per heavy atom. The van der Waals surface area contributed by atoms with E-state index in [-0.39, 0.29) is 13.0 Å². The number of hydrogen-bond acceptors (Lipinski definition) is 4. The molecule has 1 amide bonds. The van der Waals surface area contributed by atoms with Crippen molar-refractivity contribution in [2.24, 2.45) is 0 Å². The molecule has 1 atom stereocenters. The van der Waals surface area contributed by atoms with Crippen LogP contribution in [-0.4, -0.2) is 32.6 Å². The number of rotatable bonds is 5. The number of H-pyrrole nitrogens is 1. The third-order valence-electron chi connectivity index (χ3n) is 3.22. The number of carboxylic acid groups (broad SMARTS) is 1. The van der Waals surface area contributed by atoms with Crippen molar-refractivity contribution in [1.29, 1.82) is 0 Å². The van der Waals surface area contributed by atoms with Gasteiger partial charge in [0.2, 0.25) is 5.91 Å². The van der Waals surface area contributed by atoms with E-state index in [0.29, 0.717) is 10.9 Å². The molecular weight excluding hydrogens is 290 g/mol. The first-order valence-corrected chi connectivity index (χ1v) is 6.64. The molecule has 2 aromatic rings. The van der Waals surface area contributed by atoms with Gasteiger partial charge in [-0.05, 0) is 19.1 Å². The molecule has 1 unspecified atom stereocenters. The number of carboxylic acids is 1. The van der Waals surface area contributed by atoms with Crippen molar-refractivity contribution < 1.29 is 14.7 Å². The molecular formula is C14H15N3O5. The van der Waals surface area contributed by atoms with Gasteiger partial charge in [0.05, 0.1) is 10.9 Å². The van der Waals surface area contributed by atoms with E-state index in [4.69, 9.17) is 5.11 Å². The molecule has 0 saturated carbocycles. The zero-order valence-electron chi connectivity index (χ0n) is 11.8. The normalized spacial score (nSPS) is 12.0. The largest absolute Gasteiger partial charge is 0.480 e. The van der Waals surface area contributed by atoms with E-state index in [0.717, 1.165) is 0 Å². The highest BCUT2D eigenvalue weighted by atomic mass is 16.4. The van der Waals surface area contributed by atoms with E-state index >= 15 is 0 Å². The lowest BCUT2D eigenvalue weighted by Crippen LogP contribution is -2.39. The van der Waals surface area contributed by atoms with E-state index in [9.17, 15) is 19.2 Å². The van der Waals surface area contributed by atoms with Crippen molar-refractivity contribution in [2.75, 3.05) is 0 Å². The maximum atomic E-state index is 11.9. The number of amides is 1. The van der Waals surface area contributed by atoms with Crippen molar-refractivity contribution in [2.45, 2.75) is 25.9 Å². The van der Waals surface area contributed by atoms with Crippen LogP contribution in [0.25, 0.3) is 10.9 Å². The zero-order chi connectivity index (χ0) is 16.3. The van der Waals surface area contributed by atoms with Crippen molar-refractivity contribution >= 4 is 22.8 Å². The molecule has 0 bridgehead atoms. The smallest absolute Gasteiger partial charge is 0.328 e. The first kappa shape index (κ1) is 15.5. The molecule has 0 fully saturated rings. The lowest BCUT2D eigenvalue weighted by molar-refractivity contribution is -0.141. The first-order chi connectivity index (χ1) is 10.4. The minimum atomic E-state index is -1.14. The Bertz CT molecular complexity index is 836. The summed E-state index contributed by atoms with van der Waals surface area (Å²) in [6.45, 7) is 1.39. The van der Waals surface area contributed by atoms with Gasteiger partial charge in [-0.1, -0.05) is 12.1 Å². The number of aryl methyl sites for hydroxylation is 1. The summed E-state index contributed by atoms with van der Waals surface area (Å²) in [5, 5.41) is 11.4. The van der Waals surface area contributed by atoms with Crippen molar-refractivity contribution in [1.82, 2.24) is 14.9 Å². The summed E-state index contributed by atoms with van der Waals surface area (Å²) in [5.41, 5.74) is -0.668. The summed E-state index contributed by atoms with van der Waals surface area (Å²) in [4.78, 5) is 48.1. The summed E-state index contributed by atoms with van der Waals surface area (Å²) in [6.07, 6.45) is -0.0758. The summed E-state index contributed by atoms with van der Waals surface area (Å²) in [5.74, 6) is -1.63. The van der Waals surface area contributed by atoms with Crippen molar-refractivity contribution in [3.05, 3.63) is 45.1 Å². The first-order valence-electron chi connectivity index (χ1n) is 6.64. The molecule has 8 heteroatoms. The fourth-order valence-electron chi connectivity index (χ4n) is 2.05. The second-order valence-corrected chi connectivity index (χ2v) is 4.81. The monoisotopic (exact) mass is 305 g/mol. The molecule has 2 rings (SSSR count). The molecule has 1 heterocycles. The fourth-order valence-corrected chi connectivity index (χ4v) is 2.05. The molecule has 0 radical (unpaired) electrons. The predicted molar refractivity (Wildman–Crippen MR) is 78.7 cm³/mol. The summed E-state index contributed by atoms with van der Waals surface area (Å²) < 4.78 is 1.28. The molecule has 1 aromatic carbocycles. The summed E-state index contributed by atoms with van der Waals surface area (Å²) in [7, 11) is 0. The maximum absolute atomic E-state index is 11.9. The topological polar surface area (TPSA) is 121 Å². The van der Waals surface area contributed by atoms with Crippen LogP contribution in [0.5, 0.6) is 0 Å². The lowest BCUT2D eigenvalue weighted by atomic mass is 10.2. The number of aromatic amines is 1. The van der Waals surface area contributed by atoms with Crippen LogP contribution in [0.3, 0.4) is 0 Å². The van der Waals surface area contributed by atoms with Crippen LogP contribution < -0.4 is 16.6 Å². The van der Waals surface area contributed by atoms with Gasteiger partial charge in [-0.3, -0.25) is 23.9 Å². The number of hydrogen-bond donors (Lipinski definition) is 3. The van der Waals surface area contributed by atoms with Gasteiger partial charge in [0, 0.05) is 13.0 Å². The number of fused-ring (bicyclic) bond motifs is 1. The molecule has 0 saturated heterocycles. The van der Waals surface area contributed by atoms with E-state index < -0.39 is 29.2 Å². The summed E-state index contributed by atoms with van der Waals surface area (Å²) in [6, 6.07) is 5.55. The molecule has 3 N–H and O–H groups in total. The highest BCUT2D eigenvalue weighted by Crippen LogP contribution is 2.07. The van der Waals surface area contributed by atoms with Gasteiger partial charge in [0.25, 0.3) is 5.56 Å². The number of aromatic nitrogens is 2. The third-order valence-corrected chi connectivity index (χ3v) is 3.22. The third kappa shape index (κ3) is 3.22. The molecule has 0 aliphatic rings. The lowest BCUT2D eigenvalue weighted by Gasteiger charge is -2.11. The average molecular weight is 305 g/mol. The number of benzene rings is 1. The Morgan fingerprint density at radius 3 is 2.68 bits per heavy atom. The van der Waals surface area contributed by atoms with Gasteiger partial charge < -0.3 is 10.4 Å². The van der Waals surface area contributed by atoms with Crippen LogP contribution in [0.4, 0.5) is 0 Å². The summed E-state index contributed by atoms with van der Waals surface area (Å²) >= 11 is 0. The number of nitrogens with zero attached hydrogens (tertiary/aromatic N) is 1. The van der Waals surface area contributed by atoms with Crippen LogP contribution >= 0.6 is 0 Å². The van der Waals surface area contributed by atoms with Crippen LogP contribution in [0.15, 0.2) is 33.9 Å². The maximum Gasteiger partial charge on any atom is 0.328 e. The van der Waals surface area contributed by atoms with Gasteiger partial charge in [-0.2, -0.15) is 0 Å². The van der Waals surface area contributed by atoms with Crippen LogP contribution in [0, 0.1) is 0 Å². The molecule has 1 aromatic heterocycles. The predicted octanol–water partition coefficient (Wildman–Crippen LogP) is -0.331. The van der Waals surface area contributed by atoms with Crippen LogP contribution in [0.1, 0.15) is 13.3 Å². The Balaban J connectivity index is 2.22. The Kier molecular flexibility index (Phi) is 4.40. The minimum Gasteiger partial charge on any atom is -0.480 e. The van der Waals surface area contributed by atoms with Gasteiger partial charge in [-0.15, -0.1) is 0 Å². The second kappa shape index (κ2) is 6.25. The minimum absolute atomic E-state index is 0.0360. The zero-order valence-corrected chi connectivity index (χ0v) is 11.8. The average Bonchev–Trinajstić information content (AvgIpc) is 2.46. The second-order valence-electron chi connectivity index (χ2n) is 4.81. The number of nitrogens with one attached hydrogen (secondary N) is 2. The molecule has 0 spiro atoms. The fraction of sp³-hybridized carbons (Fsp3) is 0.286. The van der Waals surface area contributed by atoms with E-state index in [1.165, 1.54) is 11.5 Å². The number of para-hydroxylation sites is 1. The SMILES string of the molecule is CC(NC(=O)CCn1c(=O)[nH]c(=O)c2ccccc21)C(=O)O. The number of carbonyl (C=O) groups excluding carboxylic acids is 1. The Morgan fingerprint density at radius 2 is 2.00 bits per heavy atom. The number of carbonyl (C=O) groups is 2. The Hall–Kier alpha value is -2.90. The van der Waals surface area contributed by atoms with E-state index in [1.54, 1.807) is 24.3 Å². The van der Waals surface area contributed by atoms with Crippen molar-refractivity contribution in [3.8, 4) is 0 Å². The molecule has 22 heavy (non-hydrogen) atoms. The molecule has 0 aliphatic carbocycles. The van der Waals surface area contributed by atoms with Crippen LogP contribution in [0.2, 0.25) is 0 Å². The van der Waals surface area contributed by atoms with Gasteiger partial charge in [-0.25, -0.2) is 4.79 Å². The highest BCUT2D eigenvalue weighted by Gasteiger charge is 2.14.